The number of carbonyl (C=O) groups is 2. The monoisotopic (exact) mass is 474 g/mol. The molecule has 0 saturated heterocycles. The van der Waals surface area contributed by atoms with Crippen LogP contribution in [-0.4, -0.2) is 68.9 Å². The highest BCUT2D eigenvalue weighted by molar-refractivity contribution is 6.75. The highest BCUT2D eigenvalue weighted by Crippen LogP contribution is 2.41. The third kappa shape index (κ3) is 7.73. The largest absolute Gasteiger partial charge is 0.457 e. The molecule has 8 nitrogen and oxygen atoms in total. The molecular weight excluding hydrogens is 432 g/mol. The molecule has 180 valence electrons. The molecule has 0 unspecified atom stereocenters. The Hall–Kier alpha value is -1.17. The maximum Gasteiger partial charge on any atom is 0.444 e. The smallest absolute Gasteiger partial charge is 0.444 e. The third-order valence-electron chi connectivity index (χ3n) is 6.30. The van der Waals surface area contributed by atoms with Crippen LogP contribution in [0, 0.1) is 0 Å². The zero-order chi connectivity index (χ0) is 25.0. The first-order valence-corrected chi connectivity index (χ1v) is 16.5. The SMILES string of the molecule is CCOC(=O)C(=[N+]=[N-])C(=O)[C@H](O[Si](C)(C)C(C)(C)C)[C@@H](O[Si](C)(C)C(C)(C)C)[C@H](C)O. The van der Waals surface area contributed by atoms with E-state index in [0.717, 1.165) is 0 Å². The lowest BCUT2D eigenvalue weighted by Gasteiger charge is -2.44. The predicted molar refractivity (Wildman–Crippen MR) is 126 cm³/mol. The molecule has 1 N–H and O–H groups in total. The highest BCUT2D eigenvalue weighted by Gasteiger charge is 2.51. The molecular formula is C21H42N2O6Si2. The summed E-state index contributed by atoms with van der Waals surface area (Å²) < 4.78 is 17.7. The van der Waals surface area contributed by atoms with Crippen molar-refractivity contribution in [2.75, 3.05) is 6.61 Å². The van der Waals surface area contributed by atoms with E-state index in [4.69, 9.17) is 13.6 Å². The summed E-state index contributed by atoms with van der Waals surface area (Å²) in [5.74, 6) is -1.91. The summed E-state index contributed by atoms with van der Waals surface area (Å²) in [5, 5.41) is 10.2. The number of ether oxygens (including phenoxy) is 1. The fourth-order valence-electron chi connectivity index (χ4n) is 2.22. The second-order valence-electron chi connectivity index (χ2n) is 10.9. The van der Waals surface area contributed by atoms with Crippen LogP contribution >= 0.6 is 0 Å². The molecule has 0 aliphatic heterocycles. The number of rotatable bonds is 10. The van der Waals surface area contributed by atoms with E-state index in [1.165, 1.54) is 6.92 Å². The fraction of sp³-hybridized carbons (Fsp3) is 0.857. The number of Topliss-reactive ketones (excluding diaryl/α,β-unsaturated/α-hetero) is 1. The first-order chi connectivity index (χ1) is 13.7. The quantitative estimate of drug-likeness (QED) is 0.128. The summed E-state index contributed by atoms with van der Waals surface area (Å²) >= 11 is 0. The van der Waals surface area contributed by atoms with Gasteiger partial charge in [-0.3, -0.25) is 4.79 Å². The minimum atomic E-state index is -2.56. The standard InChI is InChI=1S/C21H42N2O6Si2/c1-13-27-19(26)15(23-22)16(25)18(29-31(11,12)21(6,7)8)17(14(2)24)28-30(9,10)20(3,4)5/h14,17-18,24H,13H2,1-12H3/t14-,17-,18-/m0/s1. The van der Waals surface area contributed by atoms with Gasteiger partial charge in [-0.25, -0.2) is 4.79 Å². The third-order valence-corrected chi connectivity index (χ3v) is 15.2. The normalized spacial score (nSPS) is 16.2. The van der Waals surface area contributed by atoms with Gasteiger partial charge in [0.05, 0.1) is 12.7 Å². The van der Waals surface area contributed by atoms with Crippen LogP contribution in [0.4, 0.5) is 0 Å². The van der Waals surface area contributed by atoms with Crippen molar-refractivity contribution in [2.24, 2.45) is 0 Å². The number of ketones is 1. The van der Waals surface area contributed by atoms with Gasteiger partial charge in [-0.1, -0.05) is 41.5 Å². The highest BCUT2D eigenvalue weighted by atomic mass is 28.4. The maximum absolute atomic E-state index is 13.4. The summed E-state index contributed by atoms with van der Waals surface area (Å²) in [6.07, 6.45) is -3.45. The Kier molecular flexibility index (Phi) is 10.2. The van der Waals surface area contributed by atoms with Crippen molar-refractivity contribution >= 4 is 34.1 Å². The molecule has 0 aromatic carbocycles. The van der Waals surface area contributed by atoms with Gasteiger partial charge < -0.3 is 24.2 Å². The lowest BCUT2D eigenvalue weighted by atomic mass is 10.0. The van der Waals surface area contributed by atoms with E-state index in [2.05, 4.69) is 4.79 Å². The summed E-state index contributed by atoms with van der Waals surface area (Å²) in [5.41, 5.74) is 8.64. The molecule has 3 atom stereocenters. The van der Waals surface area contributed by atoms with Crippen LogP contribution in [0.2, 0.25) is 36.3 Å². The number of hydrogen-bond acceptors (Lipinski definition) is 6. The molecule has 0 radical (unpaired) electrons. The summed E-state index contributed by atoms with van der Waals surface area (Å²) in [6.45, 7) is 23.2. The molecule has 0 rings (SSSR count). The van der Waals surface area contributed by atoms with Gasteiger partial charge in [0.15, 0.2) is 16.6 Å². The Bertz CT molecular complexity index is 702. The Morgan fingerprint density at radius 1 is 0.968 bits per heavy atom. The second kappa shape index (κ2) is 10.6. The molecule has 0 aromatic rings. The number of aliphatic hydroxyl groups is 1. The van der Waals surface area contributed by atoms with Crippen LogP contribution in [0.3, 0.4) is 0 Å². The lowest BCUT2D eigenvalue weighted by molar-refractivity contribution is -0.145. The van der Waals surface area contributed by atoms with Gasteiger partial charge in [-0.2, -0.15) is 4.79 Å². The Morgan fingerprint density at radius 2 is 1.39 bits per heavy atom. The van der Waals surface area contributed by atoms with Crippen molar-refractivity contribution in [2.45, 2.75) is 110 Å². The molecule has 0 aliphatic carbocycles. The number of hydrogen-bond donors (Lipinski definition) is 1. The predicted octanol–water partition coefficient (Wildman–Crippen LogP) is 3.95. The summed E-state index contributed by atoms with van der Waals surface area (Å²) in [7, 11) is -5.00. The minimum absolute atomic E-state index is 0.0131. The van der Waals surface area contributed by atoms with Crippen LogP contribution in [0.25, 0.3) is 5.53 Å². The average Bonchev–Trinajstić information content (AvgIpc) is 2.56. The van der Waals surface area contributed by atoms with Gasteiger partial charge in [0.2, 0.25) is 0 Å². The summed E-state index contributed by atoms with van der Waals surface area (Å²) in [6, 6.07) is 0. The Labute approximate surface area is 189 Å². The Balaban J connectivity index is 6.53. The van der Waals surface area contributed by atoms with Crippen molar-refractivity contribution in [3.05, 3.63) is 5.53 Å². The minimum Gasteiger partial charge on any atom is -0.457 e. The number of carbonyl (C=O) groups excluding carboxylic acids is 2. The van der Waals surface area contributed by atoms with E-state index in [0.29, 0.717) is 0 Å². The molecule has 0 heterocycles. The number of esters is 1. The van der Waals surface area contributed by atoms with E-state index in [-0.39, 0.29) is 16.7 Å². The fourth-order valence-corrected chi connectivity index (χ4v) is 4.80. The topological polar surface area (TPSA) is 118 Å². The summed E-state index contributed by atoms with van der Waals surface area (Å²) in [4.78, 5) is 28.6. The van der Waals surface area contributed by atoms with Crippen LogP contribution in [-0.2, 0) is 23.2 Å². The van der Waals surface area contributed by atoms with E-state index in [1.807, 2.05) is 67.7 Å². The van der Waals surface area contributed by atoms with E-state index >= 15 is 0 Å². The lowest BCUT2D eigenvalue weighted by Crippen LogP contribution is -2.58. The van der Waals surface area contributed by atoms with E-state index in [1.54, 1.807) is 6.92 Å². The van der Waals surface area contributed by atoms with Gasteiger partial charge in [0, 0.05) is 0 Å². The Morgan fingerprint density at radius 3 is 1.71 bits per heavy atom. The molecule has 10 heteroatoms. The van der Waals surface area contributed by atoms with E-state index in [9.17, 15) is 20.2 Å². The molecule has 0 amide bonds. The maximum atomic E-state index is 13.4. The molecule has 0 spiro atoms. The van der Waals surface area contributed by atoms with Crippen molar-refractivity contribution < 1.29 is 33.1 Å². The molecule has 31 heavy (non-hydrogen) atoms. The van der Waals surface area contributed by atoms with Gasteiger partial charge >= 0.3 is 11.7 Å². The molecule has 0 saturated carbocycles. The van der Waals surface area contributed by atoms with Gasteiger partial charge in [0.25, 0.3) is 5.78 Å². The molecule has 0 aliphatic rings. The first-order valence-electron chi connectivity index (χ1n) is 10.7. The van der Waals surface area contributed by atoms with Crippen LogP contribution in [0.15, 0.2) is 0 Å². The van der Waals surface area contributed by atoms with Gasteiger partial charge in [-0.15, -0.1) is 0 Å². The second-order valence-corrected chi connectivity index (χ2v) is 20.4. The molecule has 0 bridgehead atoms. The first kappa shape index (κ1) is 29.8. The molecule has 0 fully saturated rings. The molecule has 0 aromatic heterocycles. The number of nitrogens with zero attached hydrogens (tertiary/aromatic N) is 2. The number of aliphatic hydroxyl groups excluding tert-OH is 1. The van der Waals surface area contributed by atoms with Crippen LogP contribution in [0.1, 0.15) is 55.4 Å². The zero-order valence-corrected chi connectivity index (χ0v) is 23.3. The van der Waals surface area contributed by atoms with Crippen LogP contribution < -0.4 is 0 Å². The van der Waals surface area contributed by atoms with Crippen molar-refractivity contribution in [3.8, 4) is 0 Å². The average molecular weight is 475 g/mol. The van der Waals surface area contributed by atoms with Crippen molar-refractivity contribution in [1.29, 1.82) is 0 Å². The van der Waals surface area contributed by atoms with Crippen LogP contribution in [0.5, 0.6) is 0 Å². The zero-order valence-electron chi connectivity index (χ0n) is 21.3. The van der Waals surface area contributed by atoms with Gasteiger partial charge in [0.1, 0.15) is 12.2 Å². The van der Waals surface area contributed by atoms with Gasteiger partial charge in [-0.05, 0) is 50.1 Å². The van der Waals surface area contributed by atoms with Crippen molar-refractivity contribution in [1.82, 2.24) is 0 Å². The van der Waals surface area contributed by atoms with Crippen molar-refractivity contribution in [3.63, 3.8) is 0 Å². The van der Waals surface area contributed by atoms with E-state index < -0.39 is 52.4 Å².